The van der Waals surface area contributed by atoms with E-state index in [1.807, 2.05) is 0 Å². The Kier molecular flexibility index (Phi) is 4.38. The predicted molar refractivity (Wildman–Crippen MR) is 88.1 cm³/mol. The molecule has 0 radical (unpaired) electrons. The number of rotatable bonds is 2. The van der Waals surface area contributed by atoms with Gasteiger partial charge in [0.15, 0.2) is 0 Å². The second-order valence-corrected chi connectivity index (χ2v) is 5.85. The normalized spacial score (nSPS) is 15.6. The van der Waals surface area contributed by atoms with Crippen LogP contribution in [0.4, 0.5) is 18.0 Å². The van der Waals surface area contributed by atoms with Gasteiger partial charge in [-0.05, 0) is 30.3 Å². The van der Waals surface area contributed by atoms with Crippen molar-refractivity contribution in [1.82, 2.24) is 9.80 Å². The molecule has 1 aromatic heterocycles. The van der Waals surface area contributed by atoms with Crippen LogP contribution in [0.15, 0.2) is 46.4 Å². The molecule has 0 spiro atoms. The molecule has 0 N–H and O–H groups in total. The number of hydrogen-bond donors (Lipinski definition) is 0. The third-order valence-corrected chi connectivity index (χ3v) is 4.03. The van der Waals surface area contributed by atoms with Gasteiger partial charge in [-0.25, -0.2) is 4.79 Å². The second kappa shape index (κ2) is 6.42. The van der Waals surface area contributed by atoms with Gasteiger partial charge in [0.2, 0.25) is 0 Å². The van der Waals surface area contributed by atoms with E-state index in [4.69, 9.17) is 4.42 Å². The highest BCUT2D eigenvalue weighted by atomic mass is 19.4. The molecular formula is C18H13F3N2O4. The van der Waals surface area contributed by atoms with E-state index in [1.165, 1.54) is 38.4 Å². The molecule has 6 nitrogen and oxygen atoms in total. The first-order valence-electron chi connectivity index (χ1n) is 7.69. The van der Waals surface area contributed by atoms with Crippen molar-refractivity contribution in [3.05, 3.63) is 53.3 Å². The number of carbonyl (C=O) groups is 3. The molecule has 1 aliphatic heterocycles. The quantitative estimate of drug-likeness (QED) is 0.593. The van der Waals surface area contributed by atoms with Crippen LogP contribution in [0.5, 0.6) is 0 Å². The number of likely N-dealkylation sites (N-methyl/N-ethyl adjacent to an activating group) is 2. The largest absolute Gasteiger partial charge is 0.457 e. The number of halogens is 3. The minimum absolute atomic E-state index is 0.0928. The molecule has 140 valence electrons. The summed E-state index contributed by atoms with van der Waals surface area (Å²) in [6, 6.07) is 6.67. The van der Waals surface area contributed by atoms with E-state index in [0.29, 0.717) is 0 Å². The molecule has 2 aromatic rings. The highest BCUT2D eigenvalue weighted by Gasteiger charge is 2.38. The minimum atomic E-state index is -4.49. The average Bonchev–Trinajstić information content (AvgIpc) is 3.10. The van der Waals surface area contributed by atoms with Gasteiger partial charge in [-0.2, -0.15) is 13.2 Å². The van der Waals surface area contributed by atoms with Crippen molar-refractivity contribution in [2.45, 2.75) is 6.18 Å². The Balaban J connectivity index is 1.95. The Labute approximate surface area is 151 Å². The molecular weight excluding hydrogens is 365 g/mol. The monoisotopic (exact) mass is 378 g/mol. The Hall–Kier alpha value is -3.36. The number of benzene rings is 1. The Morgan fingerprint density at radius 3 is 2.19 bits per heavy atom. The SMILES string of the molecule is CN1C(=O)C(=Cc2ccc(-c3cccc(C(F)(F)F)c3)o2)C(=O)N(C)C1=O. The standard InChI is InChI=1S/C18H13F3N2O4/c1-22-15(24)13(16(25)23(2)17(22)26)9-12-6-7-14(27-12)10-4-3-5-11(8-10)18(19,20)21/h3-9H,1-2H3. The molecule has 4 amide bonds. The fourth-order valence-corrected chi connectivity index (χ4v) is 2.55. The van der Waals surface area contributed by atoms with Gasteiger partial charge < -0.3 is 4.42 Å². The Bertz CT molecular complexity index is 949. The third kappa shape index (κ3) is 3.35. The molecule has 0 aliphatic carbocycles. The van der Waals surface area contributed by atoms with Crippen LogP contribution in [-0.2, 0) is 15.8 Å². The van der Waals surface area contributed by atoms with Gasteiger partial charge in [0.1, 0.15) is 17.1 Å². The molecule has 1 aliphatic rings. The van der Waals surface area contributed by atoms with E-state index in [9.17, 15) is 27.6 Å². The van der Waals surface area contributed by atoms with Gasteiger partial charge in [-0.15, -0.1) is 0 Å². The van der Waals surface area contributed by atoms with Crippen molar-refractivity contribution in [1.29, 1.82) is 0 Å². The van der Waals surface area contributed by atoms with E-state index in [0.717, 1.165) is 28.0 Å². The molecule has 1 fully saturated rings. The number of furan rings is 1. The number of barbiturate groups is 1. The maximum atomic E-state index is 12.8. The molecule has 0 atom stereocenters. The molecule has 27 heavy (non-hydrogen) atoms. The third-order valence-electron chi connectivity index (χ3n) is 4.03. The lowest BCUT2D eigenvalue weighted by Crippen LogP contribution is -2.52. The zero-order valence-electron chi connectivity index (χ0n) is 14.2. The molecule has 1 saturated heterocycles. The topological polar surface area (TPSA) is 70.8 Å². The van der Waals surface area contributed by atoms with Crippen LogP contribution in [0.25, 0.3) is 17.4 Å². The zero-order valence-corrected chi connectivity index (χ0v) is 14.2. The fourth-order valence-electron chi connectivity index (χ4n) is 2.55. The summed E-state index contributed by atoms with van der Waals surface area (Å²) >= 11 is 0. The van der Waals surface area contributed by atoms with Crippen molar-refractivity contribution >= 4 is 23.9 Å². The lowest BCUT2D eigenvalue weighted by molar-refractivity contribution is -0.137. The van der Waals surface area contributed by atoms with Crippen LogP contribution in [0.1, 0.15) is 11.3 Å². The number of urea groups is 1. The van der Waals surface area contributed by atoms with Crippen molar-refractivity contribution in [3.63, 3.8) is 0 Å². The van der Waals surface area contributed by atoms with Crippen LogP contribution in [0.3, 0.4) is 0 Å². The molecule has 2 heterocycles. The van der Waals surface area contributed by atoms with Crippen molar-refractivity contribution in [2.75, 3.05) is 14.1 Å². The van der Waals surface area contributed by atoms with E-state index < -0.39 is 29.6 Å². The molecule has 9 heteroatoms. The first-order chi connectivity index (χ1) is 12.6. The molecule has 0 bridgehead atoms. The average molecular weight is 378 g/mol. The predicted octanol–water partition coefficient (Wildman–Crippen LogP) is 3.40. The molecule has 0 unspecified atom stereocenters. The summed E-state index contributed by atoms with van der Waals surface area (Å²) in [5.74, 6) is -1.35. The number of alkyl halides is 3. The van der Waals surface area contributed by atoms with Crippen LogP contribution in [-0.4, -0.2) is 41.7 Å². The van der Waals surface area contributed by atoms with Crippen molar-refractivity contribution in [2.24, 2.45) is 0 Å². The summed E-state index contributed by atoms with van der Waals surface area (Å²) in [4.78, 5) is 37.6. The molecule has 1 aromatic carbocycles. The summed E-state index contributed by atoms with van der Waals surface area (Å²) in [6.07, 6.45) is -3.34. The summed E-state index contributed by atoms with van der Waals surface area (Å²) < 4.78 is 44.0. The lowest BCUT2D eigenvalue weighted by atomic mass is 10.1. The first-order valence-corrected chi connectivity index (χ1v) is 7.69. The number of hydrogen-bond acceptors (Lipinski definition) is 4. The number of nitrogens with zero attached hydrogens (tertiary/aromatic N) is 2. The Morgan fingerprint density at radius 1 is 0.963 bits per heavy atom. The summed E-state index contributed by atoms with van der Waals surface area (Å²) in [5.41, 5.74) is -0.916. The van der Waals surface area contributed by atoms with Crippen molar-refractivity contribution < 1.29 is 32.0 Å². The van der Waals surface area contributed by atoms with Gasteiger partial charge >= 0.3 is 12.2 Å². The maximum absolute atomic E-state index is 12.8. The van der Waals surface area contributed by atoms with Gasteiger partial charge in [-0.3, -0.25) is 19.4 Å². The smallest absolute Gasteiger partial charge is 0.416 e. The first kappa shape index (κ1) is 18.4. The van der Waals surface area contributed by atoms with Crippen LogP contribution < -0.4 is 0 Å². The lowest BCUT2D eigenvalue weighted by Gasteiger charge is -2.28. The number of imide groups is 2. The zero-order chi connectivity index (χ0) is 19.9. The summed E-state index contributed by atoms with van der Waals surface area (Å²) in [5, 5.41) is 0. The minimum Gasteiger partial charge on any atom is -0.457 e. The fraction of sp³-hybridized carbons (Fsp3) is 0.167. The maximum Gasteiger partial charge on any atom is 0.416 e. The molecule has 3 rings (SSSR count). The van der Waals surface area contributed by atoms with Crippen LogP contribution >= 0.6 is 0 Å². The molecule has 0 saturated carbocycles. The summed E-state index contributed by atoms with van der Waals surface area (Å²) in [7, 11) is 2.47. The Morgan fingerprint density at radius 2 is 1.59 bits per heavy atom. The van der Waals surface area contributed by atoms with E-state index in [-0.39, 0.29) is 22.7 Å². The summed E-state index contributed by atoms with van der Waals surface area (Å²) in [6.45, 7) is 0. The highest BCUT2D eigenvalue weighted by Crippen LogP contribution is 2.33. The number of carbonyl (C=O) groups excluding carboxylic acids is 3. The second-order valence-electron chi connectivity index (χ2n) is 5.85. The van der Waals surface area contributed by atoms with Gasteiger partial charge in [0.05, 0.1) is 5.56 Å². The highest BCUT2D eigenvalue weighted by molar-refractivity contribution is 6.30. The number of amides is 4. The van der Waals surface area contributed by atoms with Crippen molar-refractivity contribution in [3.8, 4) is 11.3 Å². The van der Waals surface area contributed by atoms with Gasteiger partial charge in [0, 0.05) is 19.7 Å². The van der Waals surface area contributed by atoms with E-state index >= 15 is 0 Å². The van der Waals surface area contributed by atoms with Crippen LogP contribution in [0, 0.1) is 0 Å². The van der Waals surface area contributed by atoms with Gasteiger partial charge in [-0.1, -0.05) is 12.1 Å². The van der Waals surface area contributed by atoms with Gasteiger partial charge in [0.25, 0.3) is 11.8 Å². The van der Waals surface area contributed by atoms with E-state index in [1.54, 1.807) is 0 Å². The van der Waals surface area contributed by atoms with E-state index in [2.05, 4.69) is 0 Å². The van der Waals surface area contributed by atoms with Crippen LogP contribution in [0.2, 0.25) is 0 Å².